The fourth-order valence-corrected chi connectivity index (χ4v) is 3.04. The van der Waals surface area contributed by atoms with E-state index in [1.807, 2.05) is 24.3 Å². The summed E-state index contributed by atoms with van der Waals surface area (Å²) in [5.74, 6) is 0.405. The minimum atomic E-state index is -0.526. The third kappa shape index (κ3) is 3.63. The molecule has 0 bridgehead atoms. The molecule has 0 saturated carbocycles. The van der Waals surface area contributed by atoms with Crippen LogP contribution < -0.4 is 0 Å². The van der Waals surface area contributed by atoms with E-state index in [1.165, 1.54) is 24.4 Å². The minimum absolute atomic E-state index is 0.0891. The van der Waals surface area contributed by atoms with E-state index < -0.39 is 4.92 Å². The van der Waals surface area contributed by atoms with Gasteiger partial charge in [0.05, 0.1) is 10.6 Å². The third-order valence-electron chi connectivity index (χ3n) is 4.02. The number of non-ortho nitro benzene ring substituents is 1. The average Bonchev–Trinajstić information content (AvgIpc) is 3.10. The third-order valence-corrected chi connectivity index (χ3v) is 4.51. The fraction of sp³-hybridized carbons (Fsp3) is 0. The van der Waals surface area contributed by atoms with E-state index in [1.54, 1.807) is 18.2 Å². The quantitative estimate of drug-likeness (QED) is 0.253. The van der Waals surface area contributed by atoms with Crippen molar-refractivity contribution in [2.45, 2.75) is 0 Å². The summed E-state index contributed by atoms with van der Waals surface area (Å²) in [6, 6.07) is 16.6. The summed E-state index contributed by atoms with van der Waals surface area (Å²) in [4.78, 5) is 19.1. The maximum absolute atomic E-state index is 10.9. The molecule has 1 N–H and O–H groups in total. The number of halogens is 1. The van der Waals surface area contributed by atoms with Gasteiger partial charge >= 0.3 is 0 Å². The molecule has 0 atom stereocenters. The Balaban J connectivity index is 1.66. The summed E-state index contributed by atoms with van der Waals surface area (Å²) in [6.45, 7) is 0. The summed E-state index contributed by atoms with van der Waals surface area (Å²) >= 11 is 3.43. The first kappa shape index (κ1) is 17.9. The molecule has 28 heavy (non-hydrogen) atoms. The number of rotatable bonds is 4. The monoisotopic (exact) mass is 437 g/mol. The number of nitrogens with zero attached hydrogens (tertiary/aromatic N) is 3. The van der Waals surface area contributed by atoms with Crippen molar-refractivity contribution < 1.29 is 14.4 Å². The van der Waals surface area contributed by atoms with Gasteiger partial charge in [0, 0.05) is 33.9 Å². The lowest BCUT2D eigenvalue weighted by Gasteiger charge is -1.99. The molecule has 0 fully saturated rings. The fourth-order valence-electron chi connectivity index (χ4n) is 2.64. The maximum Gasteiger partial charge on any atom is 0.270 e. The van der Waals surface area contributed by atoms with Crippen LogP contribution >= 0.6 is 15.9 Å². The van der Waals surface area contributed by atoms with Crippen molar-refractivity contribution in [3.05, 3.63) is 80.8 Å². The van der Waals surface area contributed by atoms with E-state index in [4.69, 9.17) is 4.42 Å². The second kappa shape index (κ2) is 7.24. The predicted molar refractivity (Wildman–Crippen MR) is 109 cm³/mol. The first-order valence-electron chi connectivity index (χ1n) is 8.17. The lowest BCUT2D eigenvalue weighted by Crippen LogP contribution is -1.90. The van der Waals surface area contributed by atoms with Gasteiger partial charge in [-0.2, -0.15) is 0 Å². The zero-order chi connectivity index (χ0) is 19.7. The molecule has 3 aromatic carbocycles. The van der Waals surface area contributed by atoms with Gasteiger partial charge in [0.1, 0.15) is 11.3 Å². The molecule has 0 saturated heterocycles. The van der Waals surface area contributed by atoms with Crippen LogP contribution in [0, 0.1) is 10.1 Å². The van der Waals surface area contributed by atoms with Gasteiger partial charge in [-0.05, 0) is 42.5 Å². The molecule has 1 heterocycles. The van der Waals surface area contributed by atoms with Crippen LogP contribution in [-0.2, 0) is 0 Å². The van der Waals surface area contributed by atoms with Crippen molar-refractivity contribution in [3.63, 3.8) is 0 Å². The van der Waals surface area contributed by atoms with Gasteiger partial charge in [-0.1, -0.05) is 22.0 Å². The molecule has 0 radical (unpaired) electrons. The van der Waals surface area contributed by atoms with Crippen LogP contribution in [0.3, 0.4) is 0 Å². The van der Waals surface area contributed by atoms with Gasteiger partial charge in [-0.15, -0.1) is 0 Å². The Bertz CT molecular complexity index is 1230. The Kier molecular flexibility index (Phi) is 4.62. The normalized spacial score (nSPS) is 11.3. The molecule has 0 unspecified atom stereocenters. The lowest BCUT2D eigenvalue weighted by molar-refractivity contribution is -0.384. The van der Waals surface area contributed by atoms with Crippen LogP contribution in [0.5, 0.6) is 5.75 Å². The number of oxazole rings is 1. The van der Waals surface area contributed by atoms with Crippen molar-refractivity contribution in [2.75, 3.05) is 0 Å². The van der Waals surface area contributed by atoms with E-state index in [9.17, 15) is 15.2 Å². The van der Waals surface area contributed by atoms with Crippen LogP contribution in [0.15, 0.2) is 74.5 Å². The number of benzene rings is 3. The van der Waals surface area contributed by atoms with Gasteiger partial charge in [0.25, 0.3) is 5.69 Å². The van der Waals surface area contributed by atoms with Crippen molar-refractivity contribution in [2.24, 2.45) is 4.99 Å². The molecule has 4 aromatic rings. The molecule has 0 amide bonds. The highest BCUT2D eigenvalue weighted by atomic mass is 79.9. The SMILES string of the molecule is O=[N+]([O-])c1ccc(O)c(C=Nc2ccc3oc(-c4cccc(Br)c4)nc3c2)c1. The molecule has 0 spiro atoms. The van der Waals surface area contributed by atoms with Crippen molar-refractivity contribution in [1.29, 1.82) is 0 Å². The standard InChI is InChI=1S/C20H12BrN3O4/c21-14-3-1-2-12(8-14)20-23-17-10-15(4-7-19(17)28-20)22-11-13-9-16(24(26)27)5-6-18(13)25/h1-11,25H. The van der Waals surface area contributed by atoms with E-state index in [2.05, 4.69) is 25.9 Å². The van der Waals surface area contributed by atoms with E-state index in [-0.39, 0.29) is 17.0 Å². The van der Waals surface area contributed by atoms with Crippen molar-refractivity contribution >= 4 is 44.6 Å². The summed E-state index contributed by atoms with van der Waals surface area (Å²) in [7, 11) is 0. The summed E-state index contributed by atoms with van der Waals surface area (Å²) in [5.41, 5.74) is 2.80. The largest absolute Gasteiger partial charge is 0.507 e. The van der Waals surface area contributed by atoms with Crippen LogP contribution in [0.1, 0.15) is 5.56 Å². The molecular weight excluding hydrogens is 426 g/mol. The summed E-state index contributed by atoms with van der Waals surface area (Å²) in [5, 5.41) is 20.8. The van der Waals surface area contributed by atoms with E-state index in [0.29, 0.717) is 22.7 Å². The highest BCUT2D eigenvalue weighted by molar-refractivity contribution is 9.10. The van der Waals surface area contributed by atoms with Gasteiger partial charge < -0.3 is 9.52 Å². The smallest absolute Gasteiger partial charge is 0.270 e. The Hall–Kier alpha value is -3.52. The number of aromatic nitrogens is 1. The Morgan fingerprint density at radius 1 is 1.14 bits per heavy atom. The Morgan fingerprint density at radius 3 is 2.79 bits per heavy atom. The number of hydrogen-bond acceptors (Lipinski definition) is 6. The van der Waals surface area contributed by atoms with Crippen LogP contribution in [-0.4, -0.2) is 21.2 Å². The van der Waals surface area contributed by atoms with Crippen LogP contribution in [0.25, 0.3) is 22.6 Å². The number of fused-ring (bicyclic) bond motifs is 1. The topological polar surface area (TPSA) is 102 Å². The van der Waals surface area contributed by atoms with Gasteiger partial charge in [0.15, 0.2) is 5.58 Å². The number of phenols is 1. The van der Waals surface area contributed by atoms with Crippen molar-refractivity contribution in [1.82, 2.24) is 4.98 Å². The van der Waals surface area contributed by atoms with Crippen LogP contribution in [0.2, 0.25) is 0 Å². The van der Waals surface area contributed by atoms with Crippen LogP contribution in [0.4, 0.5) is 11.4 Å². The summed E-state index contributed by atoms with van der Waals surface area (Å²) < 4.78 is 6.71. The molecule has 0 aliphatic heterocycles. The van der Waals surface area contributed by atoms with Gasteiger partial charge in [-0.25, -0.2) is 4.98 Å². The maximum atomic E-state index is 10.9. The number of nitro groups is 1. The Morgan fingerprint density at radius 2 is 2.00 bits per heavy atom. The lowest BCUT2D eigenvalue weighted by atomic mass is 10.2. The summed E-state index contributed by atoms with van der Waals surface area (Å²) in [6.07, 6.45) is 1.37. The number of phenolic OH excluding ortho intramolecular Hbond substituents is 1. The second-order valence-corrected chi connectivity index (χ2v) is 6.86. The predicted octanol–water partition coefficient (Wildman–Crippen LogP) is 5.62. The molecule has 0 aliphatic rings. The average molecular weight is 438 g/mol. The van der Waals surface area contributed by atoms with Gasteiger partial charge in [0.2, 0.25) is 5.89 Å². The molecule has 138 valence electrons. The Labute approximate surface area is 167 Å². The molecule has 7 nitrogen and oxygen atoms in total. The zero-order valence-corrected chi connectivity index (χ0v) is 15.8. The minimum Gasteiger partial charge on any atom is -0.507 e. The highest BCUT2D eigenvalue weighted by Crippen LogP contribution is 2.29. The van der Waals surface area contributed by atoms with Gasteiger partial charge in [-0.3, -0.25) is 15.1 Å². The van der Waals surface area contributed by atoms with Crippen molar-refractivity contribution in [3.8, 4) is 17.2 Å². The zero-order valence-electron chi connectivity index (χ0n) is 14.2. The number of hydrogen-bond donors (Lipinski definition) is 1. The number of aliphatic imine (C=N–C) groups is 1. The molecule has 0 aliphatic carbocycles. The molecular formula is C20H12BrN3O4. The highest BCUT2D eigenvalue weighted by Gasteiger charge is 2.10. The van der Waals surface area contributed by atoms with E-state index in [0.717, 1.165) is 10.0 Å². The molecule has 4 rings (SSSR count). The first-order chi connectivity index (χ1) is 13.5. The van der Waals surface area contributed by atoms with E-state index >= 15 is 0 Å². The second-order valence-electron chi connectivity index (χ2n) is 5.94. The number of aromatic hydroxyl groups is 1. The molecule has 8 heteroatoms. The number of nitro benzene ring substituents is 1. The first-order valence-corrected chi connectivity index (χ1v) is 8.97. The molecule has 1 aromatic heterocycles.